The van der Waals surface area contributed by atoms with Crippen LogP contribution in [0.15, 0.2) is 42.5 Å². The van der Waals surface area contributed by atoms with Gasteiger partial charge in [0.25, 0.3) is 0 Å². The molecule has 3 rings (SSSR count). The van der Waals surface area contributed by atoms with Crippen molar-refractivity contribution in [3.63, 3.8) is 0 Å². The van der Waals surface area contributed by atoms with Crippen molar-refractivity contribution in [2.75, 3.05) is 27.4 Å². The van der Waals surface area contributed by atoms with Crippen LogP contribution in [0.3, 0.4) is 0 Å². The van der Waals surface area contributed by atoms with Gasteiger partial charge in [-0.25, -0.2) is 14.3 Å². The van der Waals surface area contributed by atoms with Crippen molar-refractivity contribution in [3.8, 4) is 28.4 Å². The monoisotopic (exact) mass is 472 g/mol. The lowest BCUT2D eigenvalue weighted by atomic mass is 10.0. The van der Waals surface area contributed by atoms with Crippen LogP contribution in [-0.4, -0.2) is 49.2 Å². The van der Waals surface area contributed by atoms with Crippen LogP contribution in [0.2, 0.25) is 5.02 Å². The van der Waals surface area contributed by atoms with E-state index in [-0.39, 0.29) is 22.0 Å². The summed E-state index contributed by atoms with van der Waals surface area (Å²) in [5.41, 5.74) is 0.937. The molecule has 8 nitrogen and oxygen atoms in total. The van der Waals surface area contributed by atoms with Crippen LogP contribution < -0.4 is 9.47 Å². The Morgan fingerprint density at radius 2 is 1.64 bits per heavy atom. The lowest BCUT2D eigenvalue weighted by Crippen LogP contribution is -2.15. The van der Waals surface area contributed by atoms with Gasteiger partial charge in [0.2, 0.25) is 0 Å². The quantitative estimate of drug-likeness (QED) is 0.407. The topological polar surface area (TPSA) is 88.9 Å². The fraction of sp³-hybridized carbons (Fsp3) is 0.292. The number of carbonyl (C=O) groups is 2. The first-order chi connectivity index (χ1) is 16.0. The van der Waals surface area contributed by atoms with Crippen molar-refractivity contribution in [1.29, 1.82) is 0 Å². The Balaban J connectivity index is 2.32. The highest BCUT2D eigenvalue weighted by molar-refractivity contribution is 6.33. The second kappa shape index (κ2) is 10.9. The molecule has 0 spiro atoms. The van der Waals surface area contributed by atoms with Gasteiger partial charge in [-0.1, -0.05) is 36.7 Å². The number of esters is 2. The van der Waals surface area contributed by atoms with E-state index in [1.165, 1.54) is 18.9 Å². The summed E-state index contributed by atoms with van der Waals surface area (Å²) in [5.74, 6) is -0.590. The van der Waals surface area contributed by atoms with Crippen molar-refractivity contribution in [1.82, 2.24) is 9.78 Å². The standard InChI is InChI=1S/C24H25ClN2O6/c1-5-12-33-19-14-17(25)16(13-18(19)32-6-2)21-20(23(28)30-3)22(24(29)31-4)27(26-21)15-10-8-7-9-11-15/h7-11,13-14H,5-6,12H2,1-4H3. The number of methoxy groups -OCH3 is 2. The largest absolute Gasteiger partial charge is 0.490 e. The number of carbonyl (C=O) groups excluding carboxylic acids is 2. The van der Waals surface area contributed by atoms with Gasteiger partial charge >= 0.3 is 11.9 Å². The van der Waals surface area contributed by atoms with Crippen molar-refractivity contribution in [2.45, 2.75) is 20.3 Å². The molecule has 0 unspecified atom stereocenters. The smallest absolute Gasteiger partial charge is 0.357 e. The number of ether oxygens (including phenoxy) is 4. The number of para-hydroxylation sites is 1. The molecule has 0 atom stereocenters. The van der Waals surface area contributed by atoms with E-state index in [0.29, 0.717) is 36.0 Å². The molecule has 0 bridgehead atoms. The first-order valence-electron chi connectivity index (χ1n) is 10.4. The second-order valence-electron chi connectivity index (χ2n) is 6.86. The van der Waals surface area contributed by atoms with Gasteiger partial charge in [-0.3, -0.25) is 0 Å². The van der Waals surface area contributed by atoms with Crippen LogP contribution in [0, 0.1) is 0 Å². The zero-order chi connectivity index (χ0) is 24.0. The van der Waals surface area contributed by atoms with Gasteiger partial charge < -0.3 is 18.9 Å². The average molecular weight is 473 g/mol. The Morgan fingerprint density at radius 1 is 0.970 bits per heavy atom. The lowest BCUT2D eigenvalue weighted by molar-refractivity contribution is 0.0549. The highest BCUT2D eigenvalue weighted by Crippen LogP contribution is 2.40. The molecule has 9 heteroatoms. The minimum absolute atomic E-state index is 0.0696. The highest BCUT2D eigenvalue weighted by atomic mass is 35.5. The fourth-order valence-corrected chi connectivity index (χ4v) is 3.50. The van der Waals surface area contributed by atoms with E-state index in [2.05, 4.69) is 5.10 Å². The van der Waals surface area contributed by atoms with Crippen molar-refractivity contribution < 1.29 is 28.5 Å². The van der Waals surface area contributed by atoms with Gasteiger partial charge in [0.05, 0.1) is 38.1 Å². The molecule has 3 aromatic rings. The average Bonchev–Trinajstić information content (AvgIpc) is 3.24. The molecule has 0 aliphatic carbocycles. The molecule has 1 aromatic heterocycles. The summed E-state index contributed by atoms with van der Waals surface area (Å²) in [4.78, 5) is 25.6. The maximum atomic E-state index is 12.8. The third kappa shape index (κ3) is 4.96. The minimum Gasteiger partial charge on any atom is -0.490 e. The molecule has 0 amide bonds. The van der Waals surface area contributed by atoms with Gasteiger partial charge in [-0.05, 0) is 31.5 Å². The maximum absolute atomic E-state index is 12.8. The molecule has 0 fully saturated rings. The van der Waals surface area contributed by atoms with Gasteiger partial charge in [-0.15, -0.1) is 0 Å². The van der Waals surface area contributed by atoms with Crippen LogP contribution in [0.4, 0.5) is 0 Å². The van der Waals surface area contributed by atoms with Crippen LogP contribution >= 0.6 is 11.6 Å². The van der Waals surface area contributed by atoms with E-state index in [9.17, 15) is 9.59 Å². The zero-order valence-electron chi connectivity index (χ0n) is 18.9. The molecule has 2 aromatic carbocycles. The van der Waals surface area contributed by atoms with Gasteiger partial charge in [0.15, 0.2) is 17.2 Å². The van der Waals surface area contributed by atoms with Crippen LogP contribution in [0.5, 0.6) is 11.5 Å². The molecule has 0 N–H and O–H groups in total. The molecule has 0 saturated carbocycles. The highest BCUT2D eigenvalue weighted by Gasteiger charge is 2.32. The second-order valence-corrected chi connectivity index (χ2v) is 7.27. The first kappa shape index (κ1) is 24.1. The van der Waals surface area contributed by atoms with Crippen LogP contribution in [-0.2, 0) is 9.47 Å². The van der Waals surface area contributed by atoms with Gasteiger partial charge in [-0.2, -0.15) is 5.10 Å². The summed E-state index contributed by atoms with van der Waals surface area (Å²) in [6.07, 6.45) is 0.807. The zero-order valence-corrected chi connectivity index (χ0v) is 19.6. The fourth-order valence-electron chi connectivity index (χ4n) is 3.25. The molecular weight excluding hydrogens is 448 g/mol. The molecule has 0 aliphatic heterocycles. The predicted molar refractivity (Wildman–Crippen MR) is 124 cm³/mol. The molecule has 0 radical (unpaired) electrons. The lowest BCUT2D eigenvalue weighted by Gasteiger charge is -2.14. The Kier molecular flexibility index (Phi) is 7.95. The number of halogens is 1. The molecule has 1 heterocycles. The van der Waals surface area contributed by atoms with E-state index in [0.717, 1.165) is 6.42 Å². The van der Waals surface area contributed by atoms with Crippen molar-refractivity contribution >= 4 is 23.5 Å². The van der Waals surface area contributed by atoms with E-state index < -0.39 is 11.9 Å². The maximum Gasteiger partial charge on any atom is 0.357 e. The Morgan fingerprint density at radius 3 is 2.24 bits per heavy atom. The number of aromatic nitrogens is 2. The number of rotatable bonds is 9. The van der Waals surface area contributed by atoms with Crippen LogP contribution in [0.25, 0.3) is 16.9 Å². The predicted octanol–water partition coefficient (Wildman–Crippen LogP) is 4.95. The number of hydrogen-bond acceptors (Lipinski definition) is 7. The molecule has 0 saturated heterocycles. The summed E-state index contributed by atoms with van der Waals surface area (Å²) in [6, 6.07) is 12.1. The normalized spacial score (nSPS) is 10.6. The third-order valence-electron chi connectivity index (χ3n) is 4.70. The number of benzene rings is 2. The Hall–Kier alpha value is -3.52. The molecule has 33 heavy (non-hydrogen) atoms. The first-order valence-corrected chi connectivity index (χ1v) is 10.8. The van der Waals surface area contributed by atoms with Gasteiger partial charge in [0.1, 0.15) is 11.3 Å². The van der Waals surface area contributed by atoms with Crippen LogP contribution in [0.1, 0.15) is 41.1 Å². The Labute approximate surface area is 197 Å². The number of hydrogen-bond donors (Lipinski definition) is 0. The third-order valence-corrected chi connectivity index (χ3v) is 5.02. The van der Waals surface area contributed by atoms with E-state index in [1.54, 1.807) is 36.4 Å². The van der Waals surface area contributed by atoms with E-state index >= 15 is 0 Å². The van der Waals surface area contributed by atoms with E-state index in [4.69, 9.17) is 30.5 Å². The number of nitrogens with zero attached hydrogens (tertiary/aromatic N) is 2. The minimum atomic E-state index is -0.757. The van der Waals surface area contributed by atoms with E-state index in [1.807, 2.05) is 19.9 Å². The molecule has 174 valence electrons. The van der Waals surface area contributed by atoms with Crippen molar-refractivity contribution in [2.24, 2.45) is 0 Å². The van der Waals surface area contributed by atoms with Crippen molar-refractivity contribution in [3.05, 3.63) is 58.7 Å². The summed E-state index contributed by atoms with van der Waals surface area (Å²) < 4.78 is 22.8. The molecular formula is C24H25ClN2O6. The summed E-state index contributed by atoms with van der Waals surface area (Å²) >= 11 is 6.60. The van der Waals surface area contributed by atoms with Gasteiger partial charge in [0, 0.05) is 11.6 Å². The molecule has 0 aliphatic rings. The SMILES string of the molecule is CCCOc1cc(Cl)c(-c2nn(-c3ccccc3)c(C(=O)OC)c2C(=O)OC)cc1OCC. The summed E-state index contributed by atoms with van der Waals surface area (Å²) in [7, 11) is 2.45. The summed E-state index contributed by atoms with van der Waals surface area (Å²) in [6.45, 7) is 4.71. The summed E-state index contributed by atoms with van der Waals surface area (Å²) in [5, 5.41) is 4.84. The Bertz CT molecular complexity index is 1140.